The van der Waals surface area contributed by atoms with Gasteiger partial charge in [0.25, 0.3) is 0 Å². The summed E-state index contributed by atoms with van der Waals surface area (Å²) in [6.07, 6.45) is 0. The Morgan fingerprint density at radius 2 is 1.80 bits per heavy atom. The number of nitrogens with one attached hydrogen (secondary N) is 1. The average Bonchev–Trinajstić information content (AvgIpc) is 2.20. The molecule has 4 nitrogen and oxygen atoms in total. The lowest BCUT2D eigenvalue weighted by molar-refractivity contribution is -0.114. The predicted molar refractivity (Wildman–Crippen MR) is 61.9 cm³/mol. The third-order valence-corrected chi connectivity index (χ3v) is 1.55. The fourth-order valence-electron chi connectivity index (χ4n) is 1.03. The summed E-state index contributed by atoms with van der Waals surface area (Å²) in [5.74, 6) is -0.242. The number of carbonyl (C=O) groups is 1. The fraction of sp³-hybridized carbons (Fsp3) is 0.300. The van der Waals surface area contributed by atoms with Crippen molar-refractivity contribution in [2.24, 2.45) is 0 Å². The number of carbonyl (C=O) groups excluding carboxylic acids is 1. The van der Waals surface area contributed by atoms with Gasteiger partial charge in [-0.15, -0.1) is 0 Å². The molecule has 0 bridgehead atoms. The molecule has 15 heavy (non-hydrogen) atoms. The highest BCUT2D eigenvalue weighted by atomic mass is 16.4. The SMILES string of the molecule is CC.CC(=O)Nc1ccccc1B(O)O. The molecule has 0 aromatic heterocycles. The van der Waals surface area contributed by atoms with E-state index in [1.54, 1.807) is 18.2 Å². The third kappa shape index (κ3) is 4.62. The van der Waals surface area contributed by atoms with Crippen molar-refractivity contribution < 1.29 is 14.8 Å². The Balaban J connectivity index is 0.000000921. The average molecular weight is 209 g/mol. The van der Waals surface area contributed by atoms with Crippen molar-refractivity contribution in [3.05, 3.63) is 24.3 Å². The molecule has 0 heterocycles. The molecule has 1 amide bonds. The van der Waals surface area contributed by atoms with Gasteiger partial charge in [0, 0.05) is 18.1 Å². The van der Waals surface area contributed by atoms with Crippen molar-refractivity contribution in [3.8, 4) is 0 Å². The van der Waals surface area contributed by atoms with E-state index in [2.05, 4.69) is 5.32 Å². The molecule has 1 aromatic carbocycles. The summed E-state index contributed by atoms with van der Waals surface area (Å²) in [6, 6.07) is 6.52. The molecule has 3 N–H and O–H groups in total. The van der Waals surface area contributed by atoms with Crippen molar-refractivity contribution in [1.82, 2.24) is 0 Å². The van der Waals surface area contributed by atoms with E-state index < -0.39 is 7.12 Å². The molecule has 82 valence electrons. The standard InChI is InChI=1S/C8H10BNO3.C2H6/c1-6(11)10-8-5-3-2-4-7(8)9(12)13;1-2/h2-5,12-13H,1H3,(H,10,11);1-2H3. The molecule has 0 unspecified atom stereocenters. The number of benzene rings is 1. The Hall–Kier alpha value is -1.33. The molecule has 1 rings (SSSR count). The third-order valence-electron chi connectivity index (χ3n) is 1.55. The minimum atomic E-state index is -1.57. The highest BCUT2D eigenvalue weighted by Gasteiger charge is 2.15. The van der Waals surface area contributed by atoms with E-state index in [-0.39, 0.29) is 11.4 Å². The summed E-state index contributed by atoms with van der Waals surface area (Å²) in [5, 5.41) is 20.3. The molecule has 5 heteroatoms. The Labute approximate surface area is 90.1 Å². The summed E-state index contributed by atoms with van der Waals surface area (Å²) in [5.41, 5.74) is 0.711. The molecule has 0 saturated carbocycles. The molecule has 0 spiro atoms. The number of amides is 1. The number of rotatable bonds is 2. The van der Waals surface area contributed by atoms with Gasteiger partial charge in [0.2, 0.25) is 5.91 Å². The molecule has 0 atom stereocenters. The highest BCUT2D eigenvalue weighted by Crippen LogP contribution is 2.02. The zero-order valence-electron chi connectivity index (χ0n) is 9.19. The first-order chi connectivity index (χ1) is 7.11. The lowest BCUT2D eigenvalue weighted by atomic mass is 9.79. The number of hydrogen-bond donors (Lipinski definition) is 3. The van der Waals surface area contributed by atoms with E-state index in [0.717, 1.165) is 0 Å². The maximum Gasteiger partial charge on any atom is 0.490 e. The number of anilines is 1. The van der Waals surface area contributed by atoms with Gasteiger partial charge in [-0.25, -0.2) is 0 Å². The maximum atomic E-state index is 10.7. The van der Waals surface area contributed by atoms with Gasteiger partial charge in [-0.3, -0.25) is 4.79 Å². The van der Waals surface area contributed by atoms with Crippen molar-refractivity contribution in [2.75, 3.05) is 5.32 Å². The van der Waals surface area contributed by atoms with Gasteiger partial charge >= 0.3 is 7.12 Å². The number of hydrogen-bond acceptors (Lipinski definition) is 3. The van der Waals surface area contributed by atoms with Gasteiger partial charge in [0.05, 0.1) is 0 Å². The van der Waals surface area contributed by atoms with Crippen LogP contribution in [0.2, 0.25) is 0 Å². The van der Waals surface area contributed by atoms with Crippen LogP contribution in [-0.4, -0.2) is 23.1 Å². The first kappa shape index (κ1) is 13.7. The van der Waals surface area contributed by atoms with Crippen LogP contribution in [-0.2, 0) is 4.79 Å². The van der Waals surface area contributed by atoms with Crippen LogP contribution in [0.1, 0.15) is 20.8 Å². The van der Waals surface area contributed by atoms with Crippen LogP contribution in [0.4, 0.5) is 5.69 Å². The number of para-hydroxylation sites is 1. The molecule has 0 fully saturated rings. The van der Waals surface area contributed by atoms with Crippen LogP contribution in [0.5, 0.6) is 0 Å². The summed E-state index contributed by atoms with van der Waals surface area (Å²) >= 11 is 0. The highest BCUT2D eigenvalue weighted by molar-refractivity contribution is 6.60. The second kappa shape index (κ2) is 7.03. The van der Waals surface area contributed by atoms with Crippen LogP contribution in [0.15, 0.2) is 24.3 Å². The Bertz CT molecular complexity index is 315. The zero-order valence-corrected chi connectivity index (χ0v) is 9.19. The topological polar surface area (TPSA) is 69.6 Å². The molecular weight excluding hydrogens is 193 g/mol. The van der Waals surface area contributed by atoms with Crippen LogP contribution in [0.3, 0.4) is 0 Å². The second-order valence-corrected chi connectivity index (χ2v) is 2.64. The summed E-state index contributed by atoms with van der Waals surface area (Å²) in [4.78, 5) is 10.7. The largest absolute Gasteiger partial charge is 0.490 e. The Morgan fingerprint density at radius 1 is 1.27 bits per heavy atom. The van der Waals surface area contributed by atoms with E-state index in [1.807, 2.05) is 13.8 Å². The van der Waals surface area contributed by atoms with Gasteiger partial charge < -0.3 is 15.4 Å². The lowest BCUT2D eigenvalue weighted by Gasteiger charge is -2.07. The van der Waals surface area contributed by atoms with Crippen molar-refractivity contribution in [1.29, 1.82) is 0 Å². The quantitative estimate of drug-likeness (QED) is 0.615. The van der Waals surface area contributed by atoms with Gasteiger partial charge in [-0.2, -0.15) is 0 Å². The van der Waals surface area contributed by atoms with Crippen molar-refractivity contribution in [2.45, 2.75) is 20.8 Å². The molecule has 0 aliphatic rings. The maximum absolute atomic E-state index is 10.7. The van der Waals surface area contributed by atoms with Gasteiger partial charge in [0.15, 0.2) is 0 Å². The molecule has 0 saturated heterocycles. The second-order valence-electron chi connectivity index (χ2n) is 2.64. The zero-order chi connectivity index (χ0) is 11.8. The van der Waals surface area contributed by atoms with E-state index in [0.29, 0.717) is 5.69 Å². The van der Waals surface area contributed by atoms with Crippen LogP contribution >= 0.6 is 0 Å². The van der Waals surface area contributed by atoms with Crippen LogP contribution < -0.4 is 10.8 Å². The fourth-order valence-corrected chi connectivity index (χ4v) is 1.03. The first-order valence-corrected chi connectivity index (χ1v) is 4.84. The molecular formula is C10H16BNO3. The monoisotopic (exact) mass is 209 g/mol. The smallest absolute Gasteiger partial charge is 0.423 e. The van der Waals surface area contributed by atoms with Gasteiger partial charge in [0.1, 0.15) is 0 Å². The first-order valence-electron chi connectivity index (χ1n) is 4.84. The van der Waals surface area contributed by atoms with Crippen LogP contribution in [0, 0.1) is 0 Å². The molecule has 0 aliphatic heterocycles. The predicted octanol–water partition coefficient (Wildman–Crippen LogP) is 0.351. The molecule has 1 aromatic rings. The summed E-state index contributed by atoms with van der Waals surface area (Å²) in [7, 11) is -1.57. The summed E-state index contributed by atoms with van der Waals surface area (Å²) < 4.78 is 0. The minimum Gasteiger partial charge on any atom is -0.423 e. The van der Waals surface area contributed by atoms with Crippen molar-refractivity contribution >= 4 is 24.2 Å². The molecule has 0 aliphatic carbocycles. The van der Waals surface area contributed by atoms with E-state index in [9.17, 15) is 4.79 Å². The van der Waals surface area contributed by atoms with E-state index in [4.69, 9.17) is 10.0 Å². The van der Waals surface area contributed by atoms with Gasteiger partial charge in [-0.1, -0.05) is 32.0 Å². The van der Waals surface area contributed by atoms with Gasteiger partial charge in [-0.05, 0) is 6.07 Å². The Morgan fingerprint density at radius 3 is 2.27 bits per heavy atom. The van der Waals surface area contributed by atoms with E-state index in [1.165, 1.54) is 13.0 Å². The van der Waals surface area contributed by atoms with Crippen LogP contribution in [0.25, 0.3) is 0 Å². The Kier molecular flexibility index (Phi) is 6.41. The molecule has 0 radical (unpaired) electrons. The van der Waals surface area contributed by atoms with E-state index >= 15 is 0 Å². The van der Waals surface area contributed by atoms with Crippen molar-refractivity contribution in [3.63, 3.8) is 0 Å². The minimum absolute atomic E-state index is 0.242. The lowest BCUT2D eigenvalue weighted by Crippen LogP contribution is -2.32. The summed E-state index contributed by atoms with van der Waals surface area (Å²) in [6.45, 7) is 5.36. The normalized spacial score (nSPS) is 8.60.